The lowest BCUT2D eigenvalue weighted by Gasteiger charge is -2.37. The lowest BCUT2D eigenvalue weighted by Crippen LogP contribution is -2.44. The summed E-state index contributed by atoms with van der Waals surface area (Å²) < 4.78 is 6.43. The van der Waals surface area contributed by atoms with Crippen molar-refractivity contribution in [3.8, 4) is 0 Å². The smallest absolute Gasteiger partial charge is 0.256 e. The first kappa shape index (κ1) is 20.1. The molecule has 0 N–H and O–H groups in total. The van der Waals surface area contributed by atoms with E-state index in [0.29, 0.717) is 31.9 Å². The molecule has 29 heavy (non-hydrogen) atoms. The lowest BCUT2D eigenvalue weighted by molar-refractivity contribution is -0.552. The molecule has 0 aromatic heterocycles. The molecule has 4 rings (SSSR count). The summed E-state index contributed by atoms with van der Waals surface area (Å²) in [6.45, 7) is 6.04. The van der Waals surface area contributed by atoms with Gasteiger partial charge in [-0.3, -0.25) is 4.79 Å². The van der Waals surface area contributed by atoms with Gasteiger partial charge in [-0.2, -0.15) is 0 Å². The van der Waals surface area contributed by atoms with Gasteiger partial charge in [0, 0.05) is 58.6 Å². The van der Waals surface area contributed by atoms with Gasteiger partial charge in [-0.1, -0.05) is 30.7 Å². The monoisotopic (exact) mass is 416 g/mol. The molecule has 0 saturated carbocycles. The van der Waals surface area contributed by atoms with Crippen LogP contribution in [0.1, 0.15) is 18.1 Å². The Bertz CT molecular complexity index is 889. The van der Waals surface area contributed by atoms with Crippen LogP contribution in [0.5, 0.6) is 0 Å². The van der Waals surface area contributed by atoms with Crippen LogP contribution in [0.3, 0.4) is 0 Å². The van der Waals surface area contributed by atoms with Crippen LogP contribution in [0, 0.1) is 10.8 Å². The van der Waals surface area contributed by atoms with Crippen LogP contribution in [0.25, 0.3) is 0 Å². The number of halogens is 1. The third-order valence-corrected chi connectivity index (χ3v) is 6.28. The summed E-state index contributed by atoms with van der Waals surface area (Å²) in [6, 6.07) is 5.52. The molecule has 0 bridgehead atoms. The predicted molar refractivity (Wildman–Crippen MR) is 112 cm³/mol. The fourth-order valence-electron chi connectivity index (χ4n) is 4.41. The molecule has 0 spiro atoms. The van der Waals surface area contributed by atoms with Gasteiger partial charge in [0.05, 0.1) is 18.8 Å². The maximum Gasteiger partial charge on any atom is 0.256 e. The van der Waals surface area contributed by atoms with E-state index >= 15 is 0 Å². The zero-order valence-corrected chi connectivity index (χ0v) is 17.7. The topological polar surface area (TPSA) is 52.9 Å². The van der Waals surface area contributed by atoms with Gasteiger partial charge >= 0.3 is 0 Å². The van der Waals surface area contributed by atoms with E-state index in [1.54, 1.807) is 0 Å². The van der Waals surface area contributed by atoms with Crippen LogP contribution in [-0.4, -0.2) is 66.4 Å². The van der Waals surface area contributed by atoms with Crippen molar-refractivity contribution < 1.29 is 14.3 Å². The van der Waals surface area contributed by atoms with E-state index in [-0.39, 0.29) is 17.9 Å². The molecule has 0 radical (unpaired) electrons. The molecule has 6 nitrogen and oxygen atoms in total. The Kier molecular flexibility index (Phi) is 5.74. The number of rotatable bonds is 3. The van der Waals surface area contributed by atoms with Gasteiger partial charge in [0.25, 0.3) is 5.91 Å². The number of carbonyl (C=O) groups excluding carboxylic acids is 1. The van der Waals surface area contributed by atoms with Crippen LogP contribution in [0.15, 0.2) is 41.6 Å². The molecule has 1 aromatic carbocycles. The first-order valence-corrected chi connectivity index (χ1v) is 10.5. The maximum absolute atomic E-state index is 13.6. The van der Waals surface area contributed by atoms with Crippen LogP contribution in [-0.2, 0) is 22.5 Å². The maximum atomic E-state index is 13.6. The van der Waals surface area contributed by atoms with Gasteiger partial charge in [0.15, 0.2) is 7.05 Å². The van der Waals surface area contributed by atoms with Crippen molar-refractivity contribution in [1.29, 1.82) is 0 Å². The Morgan fingerprint density at radius 1 is 1.17 bits per heavy atom. The molecule has 154 valence electrons. The summed E-state index contributed by atoms with van der Waals surface area (Å²) >= 11 is 6.11. The second kappa shape index (κ2) is 8.28. The average Bonchev–Trinajstić information content (AvgIpc) is 2.73. The van der Waals surface area contributed by atoms with E-state index in [1.807, 2.05) is 36.1 Å². The van der Waals surface area contributed by atoms with Gasteiger partial charge in [0.2, 0.25) is 6.04 Å². The molecular weight excluding hydrogens is 390 g/mol. The zero-order chi connectivity index (χ0) is 20.5. The van der Waals surface area contributed by atoms with Crippen LogP contribution in [0.4, 0.5) is 0 Å². The van der Waals surface area contributed by atoms with Crippen molar-refractivity contribution in [2.45, 2.75) is 25.9 Å². The van der Waals surface area contributed by atoms with Gasteiger partial charge in [-0.05, 0) is 29.7 Å². The Morgan fingerprint density at radius 2 is 1.93 bits per heavy atom. The molecule has 2 atom stereocenters. The predicted octanol–water partition coefficient (Wildman–Crippen LogP) is 2.79. The van der Waals surface area contributed by atoms with Crippen LogP contribution in [0.2, 0.25) is 5.02 Å². The number of hydrogen-bond acceptors (Lipinski definition) is 4. The van der Waals surface area contributed by atoms with Crippen molar-refractivity contribution in [1.82, 2.24) is 9.80 Å². The van der Waals surface area contributed by atoms with Crippen LogP contribution < -0.4 is 0 Å². The highest BCUT2D eigenvalue weighted by molar-refractivity contribution is 6.30. The highest BCUT2D eigenvalue weighted by atomic mass is 35.5. The second-order valence-electron chi connectivity index (χ2n) is 8.02. The largest absolute Gasteiger partial charge is 0.378 e. The highest BCUT2D eigenvalue weighted by Gasteiger charge is 2.37. The van der Waals surface area contributed by atoms with Gasteiger partial charge in [0.1, 0.15) is 0 Å². The Balaban J connectivity index is 1.62. The van der Waals surface area contributed by atoms with Gasteiger partial charge in [-0.15, -0.1) is 0 Å². The van der Waals surface area contributed by atoms with E-state index in [1.165, 1.54) is 12.6 Å². The van der Waals surface area contributed by atoms with E-state index in [0.717, 1.165) is 40.6 Å². The van der Waals surface area contributed by atoms with Crippen molar-refractivity contribution in [3.05, 3.63) is 62.7 Å². The standard InChI is InChI=1S/C22H27ClN3O3/c1-15-11-21(25-7-9-29-10-8-25)19(13-20(15)24(2)28)22(27)26-6-5-16-12-18(23)4-3-17(16)14-26/h3-4,11-13,15,20H,5-10,14H2,1-2H3/q+1. The lowest BCUT2D eigenvalue weighted by atomic mass is 9.89. The Morgan fingerprint density at radius 3 is 2.66 bits per heavy atom. The summed E-state index contributed by atoms with van der Waals surface area (Å²) in [7, 11) is 1.52. The number of fused-ring (bicyclic) bond motifs is 1. The number of morpholine rings is 1. The molecule has 2 unspecified atom stereocenters. The van der Waals surface area contributed by atoms with Gasteiger partial charge < -0.3 is 14.5 Å². The first-order valence-electron chi connectivity index (χ1n) is 10.2. The van der Waals surface area contributed by atoms with E-state index in [2.05, 4.69) is 11.0 Å². The van der Waals surface area contributed by atoms with E-state index < -0.39 is 0 Å². The number of carbonyl (C=O) groups is 1. The molecule has 3 aliphatic rings. The molecule has 1 saturated heterocycles. The SMILES string of the molecule is CC1C=C(N2CCOCC2)C(C(=O)N2CCc3cc(Cl)ccc3C2)=CC1[N+](C)=O. The number of benzene rings is 1. The summed E-state index contributed by atoms with van der Waals surface area (Å²) in [5.74, 6) is 0.0261. The summed E-state index contributed by atoms with van der Waals surface area (Å²) in [5.41, 5.74) is 3.91. The third-order valence-electron chi connectivity index (χ3n) is 6.04. The first-order chi connectivity index (χ1) is 13.9. The fourth-order valence-corrected chi connectivity index (χ4v) is 4.60. The van der Waals surface area contributed by atoms with Crippen molar-refractivity contribution in [2.24, 2.45) is 5.92 Å². The minimum Gasteiger partial charge on any atom is -0.378 e. The normalized spacial score (nSPS) is 24.5. The number of hydrogen-bond donors (Lipinski definition) is 0. The Labute approximate surface area is 176 Å². The molecule has 1 fully saturated rings. The minimum absolute atomic E-state index is 0.0120. The van der Waals surface area contributed by atoms with E-state index in [9.17, 15) is 9.70 Å². The number of nitrogens with zero attached hydrogens (tertiary/aromatic N) is 3. The average molecular weight is 417 g/mol. The molecule has 1 aromatic rings. The quantitative estimate of drug-likeness (QED) is 0.711. The zero-order valence-electron chi connectivity index (χ0n) is 16.9. The number of ether oxygens (including phenoxy) is 1. The summed E-state index contributed by atoms with van der Waals surface area (Å²) in [4.78, 5) is 29.8. The highest BCUT2D eigenvalue weighted by Crippen LogP contribution is 2.31. The molecule has 2 heterocycles. The molecule has 1 aliphatic carbocycles. The molecule has 7 heteroatoms. The number of nitroso groups, excluding NO2 is 1. The third kappa shape index (κ3) is 4.09. The summed E-state index contributed by atoms with van der Waals surface area (Å²) in [6.07, 6.45) is 4.73. The summed E-state index contributed by atoms with van der Waals surface area (Å²) in [5, 5.41) is 0.728. The van der Waals surface area contributed by atoms with E-state index in [4.69, 9.17) is 16.3 Å². The van der Waals surface area contributed by atoms with Gasteiger partial charge in [-0.25, -0.2) is 0 Å². The molecule has 1 amide bonds. The molecular formula is C22H27ClN3O3+. The fraction of sp³-hybridized carbons (Fsp3) is 0.500. The van der Waals surface area contributed by atoms with Crippen LogP contribution >= 0.6 is 11.6 Å². The number of likely N-dealkylation sites (N-methyl/N-ethyl adjacent to an activating group) is 1. The Hall–Kier alpha value is -2.18. The van der Waals surface area contributed by atoms with Crippen molar-refractivity contribution >= 4 is 17.5 Å². The minimum atomic E-state index is -0.338. The number of amides is 1. The second-order valence-corrected chi connectivity index (χ2v) is 8.45. The molecule has 2 aliphatic heterocycles. The van der Waals surface area contributed by atoms with Crippen molar-refractivity contribution in [2.75, 3.05) is 39.9 Å². The van der Waals surface area contributed by atoms with Crippen molar-refractivity contribution in [3.63, 3.8) is 0 Å².